The quantitative estimate of drug-likeness (QED) is 0.573. The van der Waals surface area contributed by atoms with Crippen molar-refractivity contribution in [1.29, 1.82) is 0 Å². The average Bonchev–Trinajstić information content (AvgIpc) is 2.61. The van der Waals surface area contributed by atoms with Crippen molar-refractivity contribution in [2.75, 3.05) is 11.6 Å². The molecule has 1 aliphatic carbocycles. The highest BCUT2D eigenvalue weighted by molar-refractivity contribution is 9.10. The van der Waals surface area contributed by atoms with Gasteiger partial charge in [0.25, 0.3) is 5.56 Å². The third-order valence-electron chi connectivity index (χ3n) is 4.63. The lowest BCUT2D eigenvalue weighted by atomic mass is 9.76. The number of fused-ring (bicyclic) bond motifs is 1. The van der Waals surface area contributed by atoms with Crippen molar-refractivity contribution in [2.24, 2.45) is 0 Å². The van der Waals surface area contributed by atoms with Crippen molar-refractivity contribution in [3.05, 3.63) is 61.5 Å². The zero-order valence-corrected chi connectivity index (χ0v) is 16.0. The number of hydrogen-bond acceptors (Lipinski definition) is 5. The van der Waals surface area contributed by atoms with Gasteiger partial charge in [0, 0.05) is 28.1 Å². The van der Waals surface area contributed by atoms with Crippen molar-refractivity contribution >= 4 is 39.3 Å². The van der Waals surface area contributed by atoms with Gasteiger partial charge in [-0.1, -0.05) is 39.8 Å². The third-order valence-corrected chi connectivity index (χ3v) is 5.74. The molecule has 2 heterocycles. The molecule has 0 amide bonds. The van der Waals surface area contributed by atoms with Crippen LogP contribution in [0.25, 0.3) is 0 Å². The normalized spacial score (nSPS) is 19.3. The molecule has 128 valence electrons. The zero-order valence-electron chi connectivity index (χ0n) is 13.6. The van der Waals surface area contributed by atoms with Gasteiger partial charge >= 0.3 is 0 Å². The first-order valence-electron chi connectivity index (χ1n) is 8.05. The Morgan fingerprint density at radius 3 is 2.68 bits per heavy atom. The van der Waals surface area contributed by atoms with E-state index in [1.54, 1.807) is 0 Å². The molecule has 0 bridgehead atoms. The van der Waals surface area contributed by atoms with Crippen molar-refractivity contribution in [2.45, 2.75) is 30.3 Å². The van der Waals surface area contributed by atoms with E-state index < -0.39 is 0 Å². The number of nitrogens with one attached hydrogen (secondary N) is 2. The van der Waals surface area contributed by atoms with Gasteiger partial charge in [-0.2, -0.15) is 0 Å². The number of aromatic nitrogens is 2. The van der Waals surface area contributed by atoms with Gasteiger partial charge in [-0.15, -0.1) is 0 Å². The number of benzene rings is 1. The van der Waals surface area contributed by atoms with Crippen molar-refractivity contribution in [3.63, 3.8) is 0 Å². The van der Waals surface area contributed by atoms with E-state index >= 15 is 0 Å². The zero-order chi connectivity index (χ0) is 17.6. The number of halogens is 1. The van der Waals surface area contributed by atoms with Gasteiger partial charge in [0.15, 0.2) is 10.9 Å². The third kappa shape index (κ3) is 2.85. The molecule has 2 N–H and O–H groups in total. The van der Waals surface area contributed by atoms with Crippen molar-refractivity contribution in [1.82, 2.24) is 9.97 Å². The van der Waals surface area contributed by atoms with Crippen LogP contribution in [0.3, 0.4) is 0 Å². The van der Waals surface area contributed by atoms with Crippen LogP contribution in [0.5, 0.6) is 0 Å². The molecule has 0 spiro atoms. The molecule has 0 saturated carbocycles. The highest BCUT2D eigenvalue weighted by Gasteiger charge is 2.37. The topological polar surface area (TPSA) is 74.8 Å². The molecule has 1 aliphatic heterocycles. The summed E-state index contributed by atoms with van der Waals surface area (Å²) in [5.41, 5.74) is 2.87. The number of thioether (sulfide) groups is 1. The Morgan fingerprint density at radius 2 is 1.96 bits per heavy atom. The monoisotopic (exact) mass is 417 g/mol. The molecule has 4 rings (SSSR count). The number of carbonyl (C=O) groups is 1. The summed E-state index contributed by atoms with van der Waals surface area (Å²) in [6.45, 7) is 0. The second-order valence-corrected chi connectivity index (χ2v) is 7.83. The van der Waals surface area contributed by atoms with Crippen molar-refractivity contribution in [3.8, 4) is 0 Å². The van der Waals surface area contributed by atoms with E-state index in [0.717, 1.165) is 28.6 Å². The lowest BCUT2D eigenvalue weighted by Crippen LogP contribution is -2.32. The minimum atomic E-state index is -0.376. The first kappa shape index (κ1) is 16.6. The molecule has 1 unspecified atom stereocenters. The van der Waals surface area contributed by atoms with Crippen LogP contribution < -0.4 is 10.9 Å². The molecule has 1 aromatic heterocycles. The smallest absolute Gasteiger partial charge is 0.257 e. The molecule has 1 aromatic carbocycles. The molecule has 2 aromatic rings. The number of H-pyrrole nitrogens is 1. The van der Waals surface area contributed by atoms with Crippen LogP contribution in [0.1, 0.15) is 36.3 Å². The number of ketones is 1. The standard InChI is InChI=1S/C18H16BrN3O2S/c1-25-18-21-16-15(17(24)22-18)13(9-5-7-10(19)8-6-9)14-11(20-16)3-2-4-12(14)23/h5-8,13H,2-4H2,1H3,(H2,20,21,22,24). The van der Waals surface area contributed by atoms with E-state index in [1.807, 2.05) is 30.5 Å². The number of nitrogens with zero attached hydrogens (tertiary/aromatic N) is 1. The molecular formula is C18H16BrN3O2S. The average molecular weight is 418 g/mol. The molecule has 2 aliphatic rings. The van der Waals surface area contributed by atoms with Gasteiger partial charge in [0.2, 0.25) is 0 Å². The van der Waals surface area contributed by atoms with E-state index in [1.165, 1.54) is 11.8 Å². The Kier molecular flexibility index (Phi) is 4.29. The maximum absolute atomic E-state index is 12.8. The van der Waals surface area contributed by atoms with Gasteiger partial charge < -0.3 is 10.3 Å². The lowest BCUT2D eigenvalue weighted by molar-refractivity contribution is -0.116. The summed E-state index contributed by atoms with van der Waals surface area (Å²) in [4.78, 5) is 32.8. The Balaban J connectivity index is 1.98. The van der Waals surface area contributed by atoms with Crippen LogP contribution >= 0.6 is 27.7 Å². The highest BCUT2D eigenvalue weighted by atomic mass is 79.9. The number of carbonyl (C=O) groups excluding carboxylic acids is 1. The van der Waals surface area contributed by atoms with Crippen LogP contribution in [0, 0.1) is 0 Å². The second kappa shape index (κ2) is 6.46. The fourth-order valence-corrected chi connectivity index (χ4v) is 4.17. The molecule has 5 nitrogen and oxygen atoms in total. The number of Topliss-reactive ketones (excluding diaryl/α,β-unsaturated/α-hetero) is 1. The molecular weight excluding hydrogens is 402 g/mol. The first-order chi connectivity index (χ1) is 12.1. The fourth-order valence-electron chi connectivity index (χ4n) is 3.53. The molecule has 0 saturated heterocycles. The molecule has 1 atom stereocenters. The maximum Gasteiger partial charge on any atom is 0.257 e. The van der Waals surface area contributed by atoms with E-state index in [9.17, 15) is 9.59 Å². The van der Waals surface area contributed by atoms with Gasteiger partial charge in [0.05, 0.1) is 5.56 Å². The van der Waals surface area contributed by atoms with Crippen molar-refractivity contribution < 1.29 is 4.79 Å². The predicted molar refractivity (Wildman–Crippen MR) is 102 cm³/mol. The molecule has 7 heteroatoms. The largest absolute Gasteiger partial charge is 0.343 e. The van der Waals surface area contributed by atoms with E-state index in [4.69, 9.17) is 0 Å². The van der Waals surface area contributed by atoms with E-state index in [-0.39, 0.29) is 17.3 Å². The Bertz CT molecular complexity index is 950. The van der Waals surface area contributed by atoms with Gasteiger partial charge in [-0.3, -0.25) is 9.59 Å². The minimum absolute atomic E-state index is 0.112. The Labute approximate surface area is 157 Å². The second-order valence-electron chi connectivity index (χ2n) is 6.12. The summed E-state index contributed by atoms with van der Waals surface area (Å²) in [5.74, 6) is 0.300. The van der Waals surface area contributed by atoms with Crippen LogP contribution in [-0.4, -0.2) is 22.0 Å². The molecule has 0 radical (unpaired) electrons. The summed E-state index contributed by atoms with van der Waals surface area (Å²) in [5, 5.41) is 3.83. The summed E-state index contributed by atoms with van der Waals surface area (Å²) in [6.07, 6.45) is 4.02. The summed E-state index contributed by atoms with van der Waals surface area (Å²) in [7, 11) is 0. The summed E-state index contributed by atoms with van der Waals surface area (Å²) in [6, 6.07) is 7.78. The fraction of sp³-hybridized carbons (Fsp3) is 0.278. The Hall–Kier alpha value is -1.86. The van der Waals surface area contributed by atoms with Gasteiger partial charge in [-0.25, -0.2) is 4.98 Å². The number of allylic oxidation sites excluding steroid dienone is 2. The number of hydrogen-bond donors (Lipinski definition) is 2. The summed E-state index contributed by atoms with van der Waals surface area (Å²) >= 11 is 4.83. The highest BCUT2D eigenvalue weighted by Crippen LogP contribution is 2.43. The van der Waals surface area contributed by atoms with Gasteiger partial charge in [-0.05, 0) is 36.8 Å². The minimum Gasteiger partial charge on any atom is -0.343 e. The summed E-state index contributed by atoms with van der Waals surface area (Å²) < 4.78 is 0.958. The lowest BCUT2D eigenvalue weighted by Gasteiger charge is -2.32. The van der Waals surface area contributed by atoms with E-state index in [2.05, 4.69) is 31.2 Å². The maximum atomic E-state index is 12.8. The van der Waals surface area contributed by atoms with Crippen LogP contribution in [0.15, 0.2) is 50.0 Å². The van der Waals surface area contributed by atoms with E-state index in [0.29, 0.717) is 28.5 Å². The molecule has 25 heavy (non-hydrogen) atoms. The van der Waals surface area contributed by atoms with Crippen LogP contribution in [-0.2, 0) is 4.79 Å². The first-order valence-corrected chi connectivity index (χ1v) is 10.1. The number of aromatic amines is 1. The predicted octanol–water partition coefficient (Wildman–Crippen LogP) is 3.82. The number of anilines is 1. The van der Waals surface area contributed by atoms with Crippen LogP contribution in [0.2, 0.25) is 0 Å². The van der Waals surface area contributed by atoms with Crippen LogP contribution in [0.4, 0.5) is 5.82 Å². The SMILES string of the molecule is CSc1nc2c(c(=O)[nH]1)C(c1ccc(Br)cc1)C1=C(CCCC1=O)N2. The molecule has 0 fully saturated rings. The number of rotatable bonds is 2. The Morgan fingerprint density at radius 1 is 1.20 bits per heavy atom. The van der Waals surface area contributed by atoms with Gasteiger partial charge in [0.1, 0.15) is 5.82 Å².